The zero-order chi connectivity index (χ0) is 13.6. The summed E-state index contributed by atoms with van der Waals surface area (Å²) in [5.41, 5.74) is 0.943. The summed E-state index contributed by atoms with van der Waals surface area (Å²) >= 11 is 0. The van der Waals surface area contributed by atoms with E-state index in [2.05, 4.69) is 5.32 Å². The summed E-state index contributed by atoms with van der Waals surface area (Å²) in [5, 5.41) is 3.24. The lowest BCUT2D eigenvalue weighted by molar-refractivity contribution is 0.537. The van der Waals surface area contributed by atoms with Crippen LogP contribution in [-0.4, -0.2) is 33.0 Å². The first kappa shape index (κ1) is 15.1. The van der Waals surface area contributed by atoms with Crippen molar-refractivity contribution >= 4 is 9.84 Å². The van der Waals surface area contributed by atoms with Crippen LogP contribution in [0.4, 0.5) is 4.39 Å². The van der Waals surface area contributed by atoms with E-state index in [-0.39, 0.29) is 17.6 Å². The summed E-state index contributed by atoms with van der Waals surface area (Å²) in [7, 11) is -2.88. The van der Waals surface area contributed by atoms with Crippen molar-refractivity contribution in [1.29, 1.82) is 0 Å². The molecule has 0 spiro atoms. The molecular formula is C13H20FNO2S. The molecule has 0 saturated carbocycles. The van der Waals surface area contributed by atoms with Crippen LogP contribution in [0.25, 0.3) is 0 Å². The van der Waals surface area contributed by atoms with E-state index in [9.17, 15) is 12.8 Å². The van der Waals surface area contributed by atoms with Crippen molar-refractivity contribution in [3.8, 4) is 0 Å². The van der Waals surface area contributed by atoms with E-state index in [1.54, 1.807) is 6.07 Å². The molecule has 1 aromatic carbocycles. The molecule has 1 atom stereocenters. The summed E-state index contributed by atoms with van der Waals surface area (Å²) < 4.78 is 34.8. The highest BCUT2D eigenvalue weighted by molar-refractivity contribution is 7.90. The summed E-state index contributed by atoms with van der Waals surface area (Å²) in [6, 6.07) is 6.73. The Bertz CT molecular complexity index is 474. The standard InChI is InChI=1S/C13H20FNO2S/c1-11(15-7-4-8-18(2,16)17)9-12-5-3-6-13(14)10-12/h3,5-6,10-11,15H,4,7-9H2,1-2H3. The van der Waals surface area contributed by atoms with E-state index in [0.29, 0.717) is 13.0 Å². The Balaban J connectivity index is 2.28. The maximum absolute atomic E-state index is 13.0. The van der Waals surface area contributed by atoms with Crippen molar-refractivity contribution in [3.63, 3.8) is 0 Å². The van der Waals surface area contributed by atoms with E-state index in [1.807, 2.05) is 13.0 Å². The van der Waals surface area contributed by atoms with Crippen LogP contribution in [0, 0.1) is 5.82 Å². The van der Waals surface area contributed by atoms with Crippen LogP contribution in [0.2, 0.25) is 0 Å². The maximum Gasteiger partial charge on any atom is 0.147 e. The first-order valence-corrected chi connectivity index (χ1v) is 8.08. The molecule has 0 bridgehead atoms. The van der Waals surface area contributed by atoms with Crippen molar-refractivity contribution in [2.75, 3.05) is 18.6 Å². The smallest absolute Gasteiger partial charge is 0.147 e. The second-order valence-electron chi connectivity index (χ2n) is 4.67. The molecule has 0 amide bonds. The fourth-order valence-corrected chi connectivity index (χ4v) is 2.44. The highest BCUT2D eigenvalue weighted by atomic mass is 32.2. The molecule has 5 heteroatoms. The average Bonchev–Trinajstić information content (AvgIpc) is 2.23. The van der Waals surface area contributed by atoms with Gasteiger partial charge in [0.05, 0.1) is 5.75 Å². The monoisotopic (exact) mass is 273 g/mol. The van der Waals surface area contributed by atoms with Gasteiger partial charge in [-0.25, -0.2) is 12.8 Å². The predicted octanol–water partition coefficient (Wildman–Crippen LogP) is 1.78. The van der Waals surface area contributed by atoms with Crippen molar-refractivity contribution in [2.45, 2.75) is 25.8 Å². The number of nitrogens with one attached hydrogen (secondary N) is 1. The highest BCUT2D eigenvalue weighted by Gasteiger charge is 2.05. The fraction of sp³-hybridized carbons (Fsp3) is 0.538. The lowest BCUT2D eigenvalue weighted by Crippen LogP contribution is -2.30. The van der Waals surface area contributed by atoms with Crippen LogP contribution in [0.1, 0.15) is 18.9 Å². The zero-order valence-electron chi connectivity index (χ0n) is 10.8. The van der Waals surface area contributed by atoms with Crippen molar-refractivity contribution in [2.24, 2.45) is 0 Å². The number of benzene rings is 1. The van der Waals surface area contributed by atoms with E-state index in [1.165, 1.54) is 18.4 Å². The Morgan fingerprint density at radius 1 is 1.39 bits per heavy atom. The zero-order valence-corrected chi connectivity index (χ0v) is 11.6. The van der Waals surface area contributed by atoms with Gasteiger partial charge >= 0.3 is 0 Å². The number of sulfone groups is 1. The third-order valence-corrected chi connectivity index (χ3v) is 3.65. The Kier molecular flexibility index (Phi) is 5.75. The third-order valence-electron chi connectivity index (χ3n) is 2.62. The lowest BCUT2D eigenvalue weighted by atomic mass is 10.1. The van der Waals surface area contributed by atoms with Crippen LogP contribution in [0.5, 0.6) is 0 Å². The van der Waals surface area contributed by atoms with Gasteiger partial charge in [-0.1, -0.05) is 12.1 Å². The molecule has 0 saturated heterocycles. The molecule has 0 aliphatic heterocycles. The third kappa shape index (κ3) is 6.71. The largest absolute Gasteiger partial charge is 0.314 e. The van der Waals surface area contributed by atoms with E-state index < -0.39 is 9.84 Å². The molecule has 0 heterocycles. The van der Waals surface area contributed by atoms with Crippen molar-refractivity contribution in [3.05, 3.63) is 35.6 Å². The van der Waals surface area contributed by atoms with Crippen molar-refractivity contribution in [1.82, 2.24) is 5.32 Å². The van der Waals surface area contributed by atoms with Crippen LogP contribution >= 0.6 is 0 Å². The van der Waals surface area contributed by atoms with Crippen molar-refractivity contribution < 1.29 is 12.8 Å². The molecule has 1 N–H and O–H groups in total. The second-order valence-corrected chi connectivity index (χ2v) is 6.93. The first-order valence-electron chi connectivity index (χ1n) is 6.02. The summed E-state index contributed by atoms with van der Waals surface area (Å²) in [4.78, 5) is 0. The summed E-state index contributed by atoms with van der Waals surface area (Å²) in [6.45, 7) is 2.66. The average molecular weight is 273 g/mol. The molecule has 0 radical (unpaired) electrons. The van der Waals surface area contributed by atoms with Gasteiger partial charge in [0.2, 0.25) is 0 Å². The summed E-state index contributed by atoms with van der Waals surface area (Å²) in [6.07, 6.45) is 2.58. The van der Waals surface area contributed by atoms with E-state index in [0.717, 1.165) is 12.0 Å². The molecule has 1 rings (SSSR count). The van der Waals surface area contributed by atoms with E-state index >= 15 is 0 Å². The molecule has 1 aromatic rings. The molecule has 102 valence electrons. The van der Waals surface area contributed by atoms with Gasteiger partial charge in [-0.2, -0.15) is 0 Å². The first-order chi connectivity index (χ1) is 8.37. The molecular weight excluding hydrogens is 253 g/mol. The lowest BCUT2D eigenvalue weighted by Gasteiger charge is -2.13. The van der Waals surface area contributed by atoms with Crippen LogP contribution in [0.15, 0.2) is 24.3 Å². The van der Waals surface area contributed by atoms with Gasteiger partial charge in [-0.15, -0.1) is 0 Å². The molecule has 0 fully saturated rings. The Morgan fingerprint density at radius 3 is 2.72 bits per heavy atom. The molecule has 0 aliphatic rings. The number of rotatable bonds is 7. The Morgan fingerprint density at radius 2 is 2.11 bits per heavy atom. The summed E-state index contributed by atoms with van der Waals surface area (Å²) in [5.74, 6) is -0.0241. The second kappa shape index (κ2) is 6.85. The topological polar surface area (TPSA) is 46.2 Å². The van der Waals surface area contributed by atoms with Gasteiger partial charge in [0, 0.05) is 12.3 Å². The molecule has 18 heavy (non-hydrogen) atoms. The quantitative estimate of drug-likeness (QED) is 0.770. The minimum Gasteiger partial charge on any atom is -0.314 e. The molecule has 0 aromatic heterocycles. The molecule has 1 unspecified atom stereocenters. The molecule has 3 nitrogen and oxygen atoms in total. The van der Waals surface area contributed by atoms with Gasteiger partial charge in [0.25, 0.3) is 0 Å². The molecule has 0 aliphatic carbocycles. The van der Waals surface area contributed by atoms with Gasteiger partial charge in [-0.3, -0.25) is 0 Å². The van der Waals surface area contributed by atoms with Crippen LogP contribution in [-0.2, 0) is 16.3 Å². The SMILES string of the molecule is CC(Cc1cccc(F)c1)NCCCS(C)(=O)=O. The van der Waals surface area contributed by atoms with Gasteiger partial charge < -0.3 is 5.32 Å². The van der Waals surface area contributed by atoms with Crippen LogP contribution in [0.3, 0.4) is 0 Å². The minimum absolute atomic E-state index is 0.200. The number of hydrogen-bond acceptors (Lipinski definition) is 3. The van der Waals surface area contributed by atoms with Gasteiger partial charge in [0.15, 0.2) is 0 Å². The number of hydrogen-bond donors (Lipinski definition) is 1. The fourth-order valence-electron chi connectivity index (χ4n) is 1.77. The number of halogens is 1. The minimum atomic E-state index is -2.88. The van der Waals surface area contributed by atoms with Gasteiger partial charge in [0.1, 0.15) is 15.7 Å². The Labute approximate surface area is 108 Å². The van der Waals surface area contributed by atoms with Gasteiger partial charge in [-0.05, 0) is 44.0 Å². The highest BCUT2D eigenvalue weighted by Crippen LogP contribution is 2.06. The Hall–Kier alpha value is -0.940. The van der Waals surface area contributed by atoms with E-state index in [4.69, 9.17) is 0 Å². The normalized spacial score (nSPS) is 13.5. The van der Waals surface area contributed by atoms with Crippen LogP contribution < -0.4 is 5.32 Å². The maximum atomic E-state index is 13.0. The predicted molar refractivity (Wildman–Crippen MR) is 71.9 cm³/mol.